The van der Waals surface area contributed by atoms with Crippen LogP contribution in [0.25, 0.3) is 0 Å². The highest BCUT2D eigenvalue weighted by molar-refractivity contribution is 7.89. The number of nitrogens with zero attached hydrogens (tertiary/aromatic N) is 1. The Kier molecular flexibility index (Phi) is 7.85. The summed E-state index contributed by atoms with van der Waals surface area (Å²) < 4.78 is 66.1. The summed E-state index contributed by atoms with van der Waals surface area (Å²) >= 11 is 0. The normalized spacial score (nSPS) is 12.1. The van der Waals surface area contributed by atoms with Crippen LogP contribution in [0.5, 0.6) is 0 Å². The second kappa shape index (κ2) is 9.94. The topological polar surface area (TPSA) is 85.3 Å². The van der Waals surface area contributed by atoms with Gasteiger partial charge in [-0.1, -0.05) is 26.0 Å². The average molecular weight is 443 g/mol. The molecule has 0 heterocycles. The minimum Gasteiger partial charge on any atom is -0.326 e. The van der Waals surface area contributed by atoms with Crippen LogP contribution in [0.3, 0.4) is 0 Å². The number of anilines is 2. The van der Waals surface area contributed by atoms with Gasteiger partial charge in [0.05, 0.1) is 16.1 Å². The lowest BCUT2D eigenvalue weighted by Gasteiger charge is -2.21. The summed E-state index contributed by atoms with van der Waals surface area (Å²) in [5.74, 6) is -0.374. The summed E-state index contributed by atoms with van der Waals surface area (Å²) in [5.41, 5.74) is -0.769. The van der Waals surface area contributed by atoms with Gasteiger partial charge in [-0.3, -0.25) is 5.41 Å². The summed E-state index contributed by atoms with van der Waals surface area (Å²) in [5, 5.41) is 12.9. The SMILES string of the molecule is CCCN(CCC)S(=O)(=O)c1ccc(NC(=N)Nc2ccccc2C(F)(F)F)cc1. The van der Waals surface area contributed by atoms with Crippen LogP contribution < -0.4 is 10.6 Å². The van der Waals surface area contributed by atoms with Gasteiger partial charge in [0.15, 0.2) is 5.96 Å². The van der Waals surface area contributed by atoms with Crippen molar-refractivity contribution in [2.45, 2.75) is 37.8 Å². The number of rotatable bonds is 8. The summed E-state index contributed by atoms with van der Waals surface area (Å²) in [6.07, 6.45) is -3.16. The molecule has 0 fully saturated rings. The molecule has 2 aromatic rings. The van der Waals surface area contributed by atoms with Gasteiger partial charge < -0.3 is 10.6 Å². The van der Waals surface area contributed by atoms with Crippen LogP contribution in [0.1, 0.15) is 32.3 Å². The Morgan fingerprint density at radius 3 is 2.07 bits per heavy atom. The Bertz CT molecular complexity index is 955. The molecule has 0 spiro atoms. The number of guanidine groups is 1. The van der Waals surface area contributed by atoms with Crippen LogP contribution in [-0.4, -0.2) is 31.8 Å². The van der Waals surface area contributed by atoms with Gasteiger partial charge in [-0.25, -0.2) is 8.42 Å². The molecule has 0 unspecified atom stereocenters. The highest BCUT2D eigenvalue weighted by Crippen LogP contribution is 2.34. The zero-order valence-corrected chi connectivity index (χ0v) is 17.6. The molecule has 0 radical (unpaired) electrons. The van der Waals surface area contributed by atoms with Gasteiger partial charge >= 0.3 is 6.18 Å². The summed E-state index contributed by atoms with van der Waals surface area (Å²) in [7, 11) is -3.63. The van der Waals surface area contributed by atoms with Crippen molar-refractivity contribution >= 4 is 27.4 Å². The first-order chi connectivity index (χ1) is 14.1. The number of nitrogens with one attached hydrogen (secondary N) is 3. The van der Waals surface area contributed by atoms with Crippen molar-refractivity contribution < 1.29 is 21.6 Å². The maximum Gasteiger partial charge on any atom is 0.418 e. The third kappa shape index (κ3) is 5.96. The molecule has 0 aliphatic rings. The van der Waals surface area contributed by atoms with Crippen LogP contribution in [0, 0.1) is 5.41 Å². The molecule has 0 atom stereocenters. The van der Waals surface area contributed by atoms with E-state index in [-0.39, 0.29) is 16.5 Å². The van der Waals surface area contributed by atoms with Crippen molar-refractivity contribution in [2.24, 2.45) is 0 Å². The van der Waals surface area contributed by atoms with E-state index in [4.69, 9.17) is 5.41 Å². The van der Waals surface area contributed by atoms with Crippen LogP contribution >= 0.6 is 0 Å². The quantitative estimate of drug-likeness (QED) is 0.398. The predicted octanol–water partition coefficient (Wildman–Crippen LogP) is 4.97. The molecule has 0 amide bonds. The fraction of sp³-hybridized carbons (Fsp3) is 0.350. The van der Waals surface area contributed by atoms with Crippen molar-refractivity contribution in [1.29, 1.82) is 5.41 Å². The summed E-state index contributed by atoms with van der Waals surface area (Å²) in [6, 6.07) is 10.6. The van der Waals surface area contributed by atoms with E-state index in [1.165, 1.54) is 46.8 Å². The second-order valence-electron chi connectivity index (χ2n) is 6.60. The van der Waals surface area contributed by atoms with E-state index in [1.807, 2.05) is 13.8 Å². The Hall–Kier alpha value is -2.59. The highest BCUT2D eigenvalue weighted by atomic mass is 32.2. The molecule has 0 saturated heterocycles. The molecule has 0 saturated carbocycles. The molecule has 6 nitrogen and oxygen atoms in total. The van der Waals surface area contributed by atoms with Gasteiger partial charge in [0.2, 0.25) is 10.0 Å². The molecule has 0 bridgehead atoms. The number of hydrogen-bond donors (Lipinski definition) is 3. The second-order valence-corrected chi connectivity index (χ2v) is 8.53. The summed E-state index contributed by atoms with van der Waals surface area (Å²) in [4.78, 5) is 0.122. The van der Waals surface area contributed by atoms with Gasteiger partial charge in [0.25, 0.3) is 0 Å². The molecular formula is C20H25F3N4O2S. The molecule has 2 aromatic carbocycles. The Morgan fingerprint density at radius 2 is 1.53 bits per heavy atom. The Morgan fingerprint density at radius 1 is 0.967 bits per heavy atom. The van der Waals surface area contributed by atoms with E-state index in [0.717, 1.165) is 6.07 Å². The number of para-hydroxylation sites is 1. The lowest BCUT2D eigenvalue weighted by atomic mass is 10.1. The third-order valence-electron chi connectivity index (χ3n) is 4.20. The summed E-state index contributed by atoms with van der Waals surface area (Å²) in [6.45, 7) is 4.65. The van der Waals surface area contributed by atoms with Crippen LogP contribution in [0.2, 0.25) is 0 Å². The number of benzene rings is 2. The number of halogens is 3. The first-order valence-electron chi connectivity index (χ1n) is 9.48. The average Bonchev–Trinajstić information content (AvgIpc) is 2.67. The lowest BCUT2D eigenvalue weighted by Crippen LogP contribution is -2.32. The zero-order valence-electron chi connectivity index (χ0n) is 16.8. The van der Waals surface area contributed by atoms with Crippen molar-refractivity contribution in [3.05, 3.63) is 54.1 Å². The van der Waals surface area contributed by atoms with Crippen LogP contribution in [0.4, 0.5) is 24.5 Å². The standard InChI is InChI=1S/C20H25F3N4O2S/c1-3-13-27(14-4-2)30(28,29)16-11-9-15(10-12-16)25-19(24)26-18-8-6-5-7-17(18)20(21,22)23/h5-12H,3-4,13-14H2,1-2H3,(H3,24,25,26). The van der Waals surface area contributed by atoms with Crippen molar-refractivity contribution in [1.82, 2.24) is 4.31 Å². The largest absolute Gasteiger partial charge is 0.418 e. The van der Waals surface area contributed by atoms with Gasteiger partial charge in [-0.2, -0.15) is 17.5 Å². The van der Waals surface area contributed by atoms with E-state index >= 15 is 0 Å². The van der Waals surface area contributed by atoms with E-state index < -0.39 is 21.8 Å². The van der Waals surface area contributed by atoms with Crippen LogP contribution in [-0.2, 0) is 16.2 Å². The van der Waals surface area contributed by atoms with E-state index in [9.17, 15) is 21.6 Å². The molecule has 164 valence electrons. The first-order valence-corrected chi connectivity index (χ1v) is 10.9. The molecule has 2 rings (SSSR count). The molecule has 30 heavy (non-hydrogen) atoms. The minimum atomic E-state index is -4.55. The van der Waals surface area contributed by atoms with Crippen molar-refractivity contribution in [3.8, 4) is 0 Å². The number of alkyl halides is 3. The van der Waals surface area contributed by atoms with Gasteiger partial charge in [-0.15, -0.1) is 0 Å². The Labute approximate surface area is 174 Å². The number of hydrogen-bond acceptors (Lipinski definition) is 3. The van der Waals surface area contributed by atoms with E-state index in [1.54, 1.807) is 0 Å². The van der Waals surface area contributed by atoms with Gasteiger partial charge in [0, 0.05) is 18.8 Å². The molecular weight excluding hydrogens is 417 g/mol. The lowest BCUT2D eigenvalue weighted by molar-refractivity contribution is -0.136. The van der Waals surface area contributed by atoms with Crippen molar-refractivity contribution in [2.75, 3.05) is 23.7 Å². The minimum absolute atomic E-state index is 0.122. The molecule has 0 aromatic heterocycles. The third-order valence-corrected chi connectivity index (χ3v) is 6.11. The van der Waals surface area contributed by atoms with Gasteiger partial charge in [0.1, 0.15) is 0 Å². The van der Waals surface area contributed by atoms with Crippen LogP contribution in [0.15, 0.2) is 53.4 Å². The van der Waals surface area contributed by atoms with Crippen molar-refractivity contribution in [3.63, 3.8) is 0 Å². The highest BCUT2D eigenvalue weighted by Gasteiger charge is 2.33. The fourth-order valence-electron chi connectivity index (χ4n) is 2.86. The fourth-order valence-corrected chi connectivity index (χ4v) is 4.48. The zero-order chi connectivity index (χ0) is 22.4. The predicted molar refractivity (Wildman–Crippen MR) is 112 cm³/mol. The molecule has 0 aliphatic heterocycles. The molecule has 10 heteroatoms. The Balaban J connectivity index is 2.12. The molecule has 0 aliphatic carbocycles. The maximum atomic E-state index is 13.1. The molecule has 3 N–H and O–H groups in total. The smallest absolute Gasteiger partial charge is 0.326 e. The van der Waals surface area contributed by atoms with E-state index in [0.29, 0.717) is 31.6 Å². The maximum absolute atomic E-state index is 13.1. The number of sulfonamides is 1. The monoisotopic (exact) mass is 442 g/mol. The van der Waals surface area contributed by atoms with E-state index in [2.05, 4.69) is 10.6 Å². The van der Waals surface area contributed by atoms with Gasteiger partial charge in [-0.05, 0) is 49.2 Å². The first kappa shape index (κ1) is 23.7.